The van der Waals surface area contributed by atoms with Crippen molar-refractivity contribution in [1.82, 2.24) is 0 Å². The van der Waals surface area contributed by atoms with Crippen molar-refractivity contribution < 1.29 is 185 Å². The summed E-state index contributed by atoms with van der Waals surface area (Å²) in [5.41, 5.74) is -1.03. The largest absolute Gasteiger partial charge is 1.00 e. The second kappa shape index (κ2) is 28.2. The number of aliphatic hydroxyl groups is 16. The van der Waals surface area contributed by atoms with E-state index in [-0.39, 0.29) is 77.9 Å². The van der Waals surface area contributed by atoms with Gasteiger partial charge >= 0.3 is 29.6 Å². The molecule has 34 heteroatoms. The first-order valence-corrected chi connectivity index (χ1v) is 32.4. The Hall–Kier alpha value is -0.250. The summed E-state index contributed by atoms with van der Waals surface area (Å²) in [5, 5.41) is 176. The van der Waals surface area contributed by atoms with E-state index in [1.165, 1.54) is 0 Å². The molecule has 4 saturated carbocycles. The number of hydrogen-bond donors (Lipinski definition) is 16. The summed E-state index contributed by atoms with van der Waals surface area (Å²) in [7, 11) is -5.18. The molecule has 11 fully saturated rings. The van der Waals surface area contributed by atoms with Crippen LogP contribution >= 0.6 is 0 Å². The van der Waals surface area contributed by atoms with Crippen LogP contribution in [0.4, 0.5) is 0 Å². The Labute approximate surface area is 541 Å². The van der Waals surface area contributed by atoms with Gasteiger partial charge in [-0.15, -0.1) is 0 Å². The molecular formula is C56H91NaO32S. The van der Waals surface area contributed by atoms with Gasteiger partial charge in [0, 0.05) is 18.3 Å². The summed E-state index contributed by atoms with van der Waals surface area (Å²) >= 11 is 0. The fourth-order valence-electron chi connectivity index (χ4n) is 17.7. The Morgan fingerprint density at radius 1 is 0.511 bits per heavy atom. The van der Waals surface area contributed by atoms with Gasteiger partial charge in [-0.2, -0.15) is 0 Å². The summed E-state index contributed by atoms with van der Waals surface area (Å²) in [4.78, 5) is 0. The molecule has 11 rings (SSSR count). The normalized spacial score (nSPS) is 55.5. The van der Waals surface area contributed by atoms with Crippen molar-refractivity contribution in [2.75, 3.05) is 39.6 Å². The molecule has 0 aromatic rings. The van der Waals surface area contributed by atoms with Crippen LogP contribution in [0.25, 0.3) is 0 Å². The number of rotatable bonds is 16. The van der Waals surface area contributed by atoms with Gasteiger partial charge in [0.25, 0.3) is 0 Å². The Morgan fingerprint density at radius 3 is 1.70 bits per heavy atom. The Morgan fingerprint density at radius 2 is 1.07 bits per heavy atom. The zero-order valence-corrected chi connectivity index (χ0v) is 53.5. The van der Waals surface area contributed by atoms with Gasteiger partial charge in [0.2, 0.25) is 10.4 Å². The van der Waals surface area contributed by atoms with E-state index in [9.17, 15) is 94.7 Å². The molecule has 16 N–H and O–H groups in total. The van der Waals surface area contributed by atoms with E-state index in [0.29, 0.717) is 38.2 Å². The molecule has 32 nitrogen and oxygen atoms in total. The van der Waals surface area contributed by atoms with Crippen LogP contribution in [0.15, 0.2) is 0 Å². The van der Waals surface area contributed by atoms with Crippen LogP contribution in [0.1, 0.15) is 79.1 Å². The second-order valence-electron chi connectivity index (χ2n) is 27.4. The van der Waals surface area contributed by atoms with Crippen LogP contribution < -0.4 is 29.6 Å². The minimum atomic E-state index is -5.18. The molecule has 90 heavy (non-hydrogen) atoms. The van der Waals surface area contributed by atoms with E-state index in [0.717, 1.165) is 12.8 Å². The first kappa shape index (κ1) is 72.5. The second-order valence-corrected chi connectivity index (χ2v) is 28.4. The summed E-state index contributed by atoms with van der Waals surface area (Å²) in [6, 6.07) is 0. The molecule has 0 aromatic heterocycles. The molecule has 0 aromatic carbocycles. The molecule has 514 valence electrons. The number of fused-ring (bicyclic) bond motifs is 7. The Kier molecular flexibility index (Phi) is 22.7. The molecule has 0 bridgehead atoms. The topological polar surface area (TPSA) is 501 Å². The van der Waals surface area contributed by atoms with Crippen LogP contribution in [-0.2, 0) is 71.4 Å². The van der Waals surface area contributed by atoms with Crippen molar-refractivity contribution in [2.45, 2.75) is 257 Å². The molecule has 11 aliphatic rings. The Balaban J connectivity index is 0.00000891. The van der Waals surface area contributed by atoms with E-state index >= 15 is 0 Å². The van der Waals surface area contributed by atoms with Crippen molar-refractivity contribution in [2.24, 2.45) is 52.3 Å². The summed E-state index contributed by atoms with van der Waals surface area (Å²) in [6.45, 7) is 4.41. The summed E-state index contributed by atoms with van der Waals surface area (Å²) < 4.78 is 116. The Bertz CT molecular complexity index is 2490. The number of ether oxygens (including phenoxy) is 12. The van der Waals surface area contributed by atoms with Crippen molar-refractivity contribution in [3.63, 3.8) is 0 Å². The van der Waals surface area contributed by atoms with Crippen LogP contribution in [0.3, 0.4) is 0 Å². The van der Waals surface area contributed by atoms with Crippen molar-refractivity contribution in [3.8, 4) is 0 Å². The van der Waals surface area contributed by atoms with E-state index < -0.39 is 232 Å². The van der Waals surface area contributed by atoms with Crippen LogP contribution in [-0.4, -0.2) is 312 Å². The molecule has 38 atom stereocenters. The van der Waals surface area contributed by atoms with E-state index in [2.05, 4.69) is 27.7 Å². The third-order valence-corrected chi connectivity index (χ3v) is 22.8. The van der Waals surface area contributed by atoms with E-state index in [4.69, 9.17) is 61.0 Å². The maximum atomic E-state index is 12.6. The van der Waals surface area contributed by atoms with Gasteiger partial charge in [-0.1, -0.05) is 27.7 Å². The molecule has 7 aliphatic heterocycles. The molecule has 7 saturated heterocycles. The van der Waals surface area contributed by atoms with Gasteiger partial charge in [0.15, 0.2) is 37.2 Å². The minimum Gasteiger partial charge on any atom is -0.726 e. The van der Waals surface area contributed by atoms with Crippen LogP contribution in [0, 0.1) is 52.3 Å². The van der Waals surface area contributed by atoms with E-state index in [1.54, 1.807) is 0 Å². The predicted octanol–water partition coefficient (Wildman–Crippen LogP) is -10.0. The van der Waals surface area contributed by atoms with Gasteiger partial charge in [0.05, 0.1) is 58.0 Å². The third-order valence-electron chi connectivity index (χ3n) is 22.4. The molecule has 1 spiro atoms. The first-order chi connectivity index (χ1) is 42.0. The van der Waals surface area contributed by atoms with E-state index in [1.807, 2.05) is 0 Å². The fraction of sp³-hybridized carbons (Fsp3) is 1.00. The van der Waals surface area contributed by atoms with Gasteiger partial charge in [-0.3, -0.25) is 4.18 Å². The van der Waals surface area contributed by atoms with Crippen LogP contribution in [0.5, 0.6) is 0 Å². The zero-order valence-electron chi connectivity index (χ0n) is 50.7. The van der Waals surface area contributed by atoms with Crippen molar-refractivity contribution in [3.05, 3.63) is 0 Å². The quantitative estimate of drug-likeness (QED) is 0.0295. The smallest absolute Gasteiger partial charge is 0.726 e. The maximum Gasteiger partial charge on any atom is 1.00 e. The average molecular weight is 1330 g/mol. The monoisotopic (exact) mass is 1330 g/mol. The summed E-state index contributed by atoms with van der Waals surface area (Å²) in [6.07, 6.45) is -45.7. The third kappa shape index (κ3) is 13.1. The van der Waals surface area contributed by atoms with Crippen molar-refractivity contribution >= 4 is 10.4 Å². The molecule has 0 amide bonds. The van der Waals surface area contributed by atoms with Gasteiger partial charge in [0.1, 0.15) is 122 Å². The average Bonchev–Trinajstić information content (AvgIpc) is 1.49. The van der Waals surface area contributed by atoms with Crippen LogP contribution in [0.2, 0.25) is 0 Å². The maximum absolute atomic E-state index is 12.6. The fourth-order valence-corrected chi connectivity index (χ4v) is 18.2. The molecule has 7 heterocycles. The zero-order chi connectivity index (χ0) is 64.3. The van der Waals surface area contributed by atoms with Gasteiger partial charge in [-0.05, 0) is 85.4 Å². The number of aliphatic hydroxyl groups excluding tert-OH is 16. The molecule has 0 radical (unpaired) electrons. The molecule has 4 aliphatic carbocycles. The number of hydrogen-bond acceptors (Lipinski definition) is 32. The van der Waals surface area contributed by atoms with Gasteiger partial charge in [-0.25, -0.2) is 8.42 Å². The molecular weight excluding hydrogens is 1240 g/mol. The SMILES string of the molecule is C[C@@H]1CC[C@@]2(OC1)O[C@H]1[C@@H](OS(=O)(=O)[O-])[C@H]3[C@@H]4CC[C@H]5C[C@@H](O[C@@H]6O[C@H](CO)[C@H](O[C@@H]7O[C@H](CO)C(O)[C@H](O[C@@H]8OC[C@@H](O)[C@H](O)[C@H]8O)[C@H]7O[C@@H]7O[C@H](CO)[C@H](O)[C@H](O[C@@H]8O[C@H](CO)[C@@H](O)[C@H](O)[C@H]8O)[C@H]7O)[C@H](O)[C@H]6O)[C@H](O)C[C@]5(C)[C@H]4CC[C@]3(C)[C@H]1[C@@H]2C.[Na+]. The first-order valence-electron chi connectivity index (χ1n) is 31.1. The predicted molar refractivity (Wildman–Crippen MR) is 286 cm³/mol. The van der Waals surface area contributed by atoms with Gasteiger partial charge < -0.3 is 143 Å². The van der Waals surface area contributed by atoms with Crippen molar-refractivity contribution in [1.29, 1.82) is 0 Å². The molecule has 1 unspecified atom stereocenters. The summed E-state index contributed by atoms with van der Waals surface area (Å²) in [5.74, 6) is -1.58. The minimum absolute atomic E-state index is 0. The standard InChI is InChI=1S/C56H92O32S.Na/c1-19-7-10-56(77-17-19)20(2)31-44(87-56)45(88-89(73,74)75)32-22-6-5-21-11-26(24(61)12-55(21,4)23(22)8-9-54(31,32)3)78-50-41(71)38(68)43(30(16-60)82-50)83-53-48(47(36(66)29(15-59)81-53)85-49-39(69)33(63)25(62)18-76-49)86-52-42(72)46(35(65)28(14-58)80-52)84-51-40(70)37(67)34(64)27(13-57)79-51;/h19-53,57-72H,5-18H2,1-4H3,(H,73,74,75);/q;+1/p-1/t19-,20+,21+,22-,23+,24-,25-,26-,27-,28-,29-,30-,31+,32-,33+,34-,35+,36?,37+,38-,39-,40-,41-,42-,43+,44-,45+,46+,47+,48-,49+,50-,51+,52+,53+,54-,55+,56-;/m1./s1.